The summed E-state index contributed by atoms with van der Waals surface area (Å²) >= 11 is 6.31. The number of anilines is 3. The second-order valence-corrected chi connectivity index (χ2v) is 16.7. The molecular formula is C43H45ClN8O5. The maximum absolute atomic E-state index is 13.7. The average molecular weight is 789 g/mol. The molecule has 0 radical (unpaired) electrons. The van der Waals surface area contributed by atoms with Gasteiger partial charge in [-0.3, -0.25) is 39.1 Å². The van der Waals surface area contributed by atoms with E-state index in [9.17, 15) is 24.0 Å². The number of imide groups is 2. The van der Waals surface area contributed by atoms with Crippen molar-refractivity contribution in [3.63, 3.8) is 0 Å². The van der Waals surface area contributed by atoms with Gasteiger partial charge < -0.3 is 19.6 Å². The highest BCUT2D eigenvalue weighted by Gasteiger charge is 2.47. The average Bonchev–Trinajstić information content (AvgIpc) is 3.95. The number of piperidine rings is 2. The number of likely N-dealkylation sites (tertiary alicyclic amines) is 1. The number of halogens is 1. The van der Waals surface area contributed by atoms with Gasteiger partial charge in [0, 0.05) is 99.9 Å². The Morgan fingerprint density at radius 2 is 1.51 bits per heavy atom. The Labute approximate surface area is 336 Å². The molecule has 2 atom stereocenters. The highest BCUT2D eigenvalue weighted by Crippen LogP contribution is 2.43. The van der Waals surface area contributed by atoms with Crippen molar-refractivity contribution in [1.82, 2.24) is 20.0 Å². The highest BCUT2D eigenvalue weighted by atomic mass is 35.5. The zero-order valence-corrected chi connectivity index (χ0v) is 32.5. The number of piperazine rings is 1. The molecule has 9 rings (SSSR count). The molecule has 1 N–H and O–H groups in total. The minimum atomic E-state index is -0.987. The summed E-state index contributed by atoms with van der Waals surface area (Å²) in [5.41, 5.74) is 4.86. The van der Waals surface area contributed by atoms with Crippen LogP contribution >= 0.6 is 11.6 Å². The fraction of sp³-hybridized carbons (Fsp3) is 0.442. The van der Waals surface area contributed by atoms with Crippen molar-refractivity contribution in [3.8, 4) is 0 Å². The zero-order chi connectivity index (χ0) is 39.4. The Balaban J connectivity index is 0.767. The largest absolute Gasteiger partial charge is 0.372 e. The Morgan fingerprint density at radius 1 is 0.789 bits per heavy atom. The number of hydrogen-bond donors (Lipinski definition) is 1. The first-order valence-electron chi connectivity index (χ1n) is 20.0. The molecule has 294 valence electrons. The standard InChI is InChI=1S/C43H45ClN8O5/c1-45-34-10-9-30(25-33(34)44)47-18-14-43(15-19-47)16-20-51(27-43)40(55)28-5-7-29(8-6-28)48-21-23-49(24-22-48)31-13-17-50(26-31)35-4-2-3-32-38(35)42(57)52(41(32)56)36-11-12-37(53)46-39(36)54/h2-10,25,31,36H,11-24,26-27H2,(H,46,53,54). The minimum absolute atomic E-state index is 0.0873. The molecule has 0 aromatic heterocycles. The molecule has 0 bridgehead atoms. The molecule has 5 fully saturated rings. The van der Waals surface area contributed by atoms with E-state index >= 15 is 0 Å². The van der Waals surface area contributed by atoms with Gasteiger partial charge in [-0.25, -0.2) is 4.85 Å². The van der Waals surface area contributed by atoms with E-state index in [4.69, 9.17) is 18.2 Å². The second kappa shape index (κ2) is 14.8. The molecule has 6 aliphatic heterocycles. The van der Waals surface area contributed by atoms with Crippen LogP contribution in [0, 0.1) is 12.0 Å². The van der Waals surface area contributed by atoms with Gasteiger partial charge in [-0.15, -0.1) is 0 Å². The van der Waals surface area contributed by atoms with Crippen LogP contribution in [0.15, 0.2) is 60.7 Å². The summed E-state index contributed by atoms with van der Waals surface area (Å²) in [5, 5.41) is 2.76. The van der Waals surface area contributed by atoms with Gasteiger partial charge in [0.05, 0.1) is 23.4 Å². The van der Waals surface area contributed by atoms with Crippen LogP contribution in [0.25, 0.3) is 4.85 Å². The molecule has 6 heterocycles. The lowest BCUT2D eigenvalue weighted by Gasteiger charge is -2.40. The normalized spacial score (nSPS) is 23.7. The number of carbonyl (C=O) groups excluding carboxylic acids is 5. The topological polar surface area (TPSA) is 121 Å². The van der Waals surface area contributed by atoms with E-state index in [-0.39, 0.29) is 24.2 Å². The van der Waals surface area contributed by atoms with Gasteiger partial charge in [-0.05, 0) is 86.1 Å². The third-order valence-corrected chi connectivity index (χ3v) is 13.5. The monoisotopic (exact) mass is 788 g/mol. The van der Waals surface area contributed by atoms with Crippen molar-refractivity contribution in [2.24, 2.45) is 5.41 Å². The third-order valence-electron chi connectivity index (χ3n) is 13.2. The van der Waals surface area contributed by atoms with Crippen molar-refractivity contribution in [1.29, 1.82) is 0 Å². The van der Waals surface area contributed by atoms with Crippen molar-refractivity contribution < 1.29 is 24.0 Å². The number of benzene rings is 3. The van der Waals surface area contributed by atoms with Crippen LogP contribution in [0.1, 0.15) is 69.6 Å². The van der Waals surface area contributed by atoms with Gasteiger partial charge in [0.1, 0.15) is 6.04 Å². The van der Waals surface area contributed by atoms with Crippen molar-refractivity contribution >= 4 is 63.9 Å². The smallest absolute Gasteiger partial charge is 0.264 e. The third kappa shape index (κ3) is 6.78. The molecule has 6 aliphatic rings. The molecule has 5 amide bonds. The number of rotatable bonds is 6. The van der Waals surface area contributed by atoms with Crippen molar-refractivity contribution in [3.05, 3.63) is 93.8 Å². The Morgan fingerprint density at radius 3 is 2.23 bits per heavy atom. The molecule has 13 nitrogen and oxygen atoms in total. The maximum atomic E-state index is 13.7. The fourth-order valence-electron chi connectivity index (χ4n) is 9.90. The van der Waals surface area contributed by atoms with Gasteiger partial charge in [0.25, 0.3) is 17.7 Å². The summed E-state index contributed by atoms with van der Waals surface area (Å²) in [6.45, 7) is 15.6. The molecule has 57 heavy (non-hydrogen) atoms. The summed E-state index contributed by atoms with van der Waals surface area (Å²) < 4.78 is 0. The van der Waals surface area contributed by atoms with E-state index in [0.717, 1.165) is 119 Å². The number of nitrogens with one attached hydrogen (secondary N) is 1. The second-order valence-electron chi connectivity index (χ2n) is 16.3. The number of nitrogens with zero attached hydrogens (tertiary/aromatic N) is 7. The quantitative estimate of drug-likeness (QED) is 0.277. The van der Waals surface area contributed by atoms with Crippen LogP contribution in [-0.2, 0) is 9.59 Å². The van der Waals surface area contributed by atoms with Gasteiger partial charge in [-0.1, -0.05) is 23.7 Å². The summed E-state index contributed by atoms with van der Waals surface area (Å²) in [6.07, 6.45) is 4.20. The lowest BCUT2D eigenvalue weighted by molar-refractivity contribution is -0.136. The van der Waals surface area contributed by atoms with Crippen LogP contribution < -0.4 is 20.0 Å². The summed E-state index contributed by atoms with van der Waals surface area (Å²) in [7, 11) is 0. The summed E-state index contributed by atoms with van der Waals surface area (Å²) in [5.74, 6) is -1.86. The molecule has 3 aromatic carbocycles. The molecule has 5 saturated heterocycles. The van der Waals surface area contributed by atoms with Gasteiger partial charge in [0.15, 0.2) is 0 Å². The van der Waals surface area contributed by atoms with Crippen LogP contribution in [0.2, 0.25) is 5.02 Å². The van der Waals surface area contributed by atoms with Crippen molar-refractivity contribution in [2.75, 3.05) is 80.1 Å². The lowest BCUT2D eigenvalue weighted by atomic mass is 9.77. The molecule has 0 saturated carbocycles. The number of fused-ring (bicyclic) bond motifs is 1. The maximum Gasteiger partial charge on any atom is 0.264 e. The van der Waals surface area contributed by atoms with Gasteiger partial charge in [0.2, 0.25) is 17.5 Å². The van der Waals surface area contributed by atoms with Crippen LogP contribution in [0.3, 0.4) is 0 Å². The predicted octanol–water partition coefficient (Wildman–Crippen LogP) is 4.83. The Hall–Kier alpha value is -5.45. The first-order valence-corrected chi connectivity index (χ1v) is 20.4. The number of amides is 5. The van der Waals surface area contributed by atoms with E-state index in [1.54, 1.807) is 18.2 Å². The molecular weight excluding hydrogens is 744 g/mol. The molecule has 2 unspecified atom stereocenters. The van der Waals surface area contributed by atoms with Crippen LogP contribution in [0.4, 0.5) is 22.7 Å². The van der Waals surface area contributed by atoms with Gasteiger partial charge >= 0.3 is 0 Å². The van der Waals surface area contributed by atoms with E-state index in [2.05, 4.69) is 41.9 Å². The van der Waals surface area contributed by atoms with Crippen LogP contribution in [-0.4, -0.2) is 122 Å². The number of carbonyl (C=O) groups is 5. The molecule has 3 aromatic rings. The Kier molecular flexibility index (Phi) is 9.65. The van der Waals surface area contributed by atoms with Crippen molar-refractivity contribution in [2.45, 2.75) is 50.6 Å². The molecule has 14 heteroatoms. The van der Waals surface area contributed by atoms with Crippen LogP contribution in [0.5, 0.6) is 0 Å². The predicted molar refractivity (Wildman–Crippen MR) is 216 cm³/mol. The lowest BCUT2D eigenvalue weighted by Crippen LogP contribution is -2.54. The van der Waals surface area contributed by atoms with E-state index in [0.29, 0.717) is 27.9 Å². The summed E-state index contributed by atoms with van der Waals surface area (Å²) in [6, 6.07) is 18.4. The zero-order valence-electron chi connectivity index (χ0n) is 31.8. The molecule has 1 spiro atoms. The summed E-state index contributed by atoms with van der Waals surface area (Å²) in [4.78, 5) is 81.0. The SMILES string of the molecule is [C-]#[N+]c1ccc(N2CCC3(CCN(C(=O)c4ccc(N5CCN(C6CCN(c7cccc8c7C(=O)N(C7CCC(=O)NC7=O)C8=O)C6)CC5)cc4)C3)CC2)cc1Cl. The van der Waals surface area contributed by atoms with E-state index in [1.165, 1.54) is 0 Å². The fourth-order valence-corrected chi connectivity index (χ4v) is 10.1. The Bertz CT molecular complexity index is 2190. The first kappa shape index (κ1) is 37.1. The number of hydrogen-bond acceptors (Lipinski definition) is 9. The molecule has 0 aliphatic carbocycles. The highest BCUT2D eigenvalue weighted by molar-refractivity contribution is 6.33. The van der Waals surface area contributed by atoms with E-state index < -0.39 is 29.7 Å². The first-order chi connectivity index (χ1) is 27.6. The minimum Gasteiger partial charge on any atom is -0.372 e. The van der Waals surface area contributed by atoms with Gasteiger partial charge in [-0.2, -0.15) is 0 Å². The van der Waals surface area contributed by atoms with E-state index in [1.807, 2.05) is 35.2 Å².